The SMILES string of the molecule is Nc1nc(Nc2ccccn2)cc(NC2CC2)n1. The van der Waals surface area contributed by atoms with E-state index in [4.69, 9.17) is 5.73 Å². The third-order valence-electron chi connectivity index (χ3n) is 2.59. The topological polar surface area (TPSA) is 88.8 Å². The van der Waals surface area contributed by atoms with Gasteiger partial charge in [0.25, 0.3) is 0 Å². The summed E-state index contributed by atoms with van der Waals surface area (Å²) in [6, 6.07) is 8.00. The molecule has 0 saturated heterocycles. The van der Waals surface area contributed by atoms with E-state index in [1.165, 1.54) is 12.8 Å². The summed E-state index contributed by atoms with van der Waals surface area (Å²) < 4.78 is 0. The predicted octanol–water partition coefficient (Wildman–Crippen LogP) is 1.77. The minimum absolute atomic E-state index is 0.249. The zero-order valence-corrected chi connectivity index (χ0v) is 9.80. The third kappa shape index (κ3) is 2.65. The molecule has 18 heavy (non-hydrogen) atoms. The Morgan fingerprint density at radius 1 is 1.11 bits per heavy atom. The minimum atomic E-state index is 0.249. The Morgan fingerprint density at radius 3 is 2.67 bits per heavy atom. The van der Waals surface area contributed by atoms with Crippen LogP contribution < -0.4 is 16.4 Å². The van der Waals surface area contributed by atoms with E-state index in [1.54, 1.807) is 6.20 Å². The first-order valence-electron chi connectivity index (χ1n) is 5.89. The van der Waals surface area contributed by atoms with Crippen molar-refractivity contribution < 1.29 is 0 Å². The second-order valence-electron chi connectivity index (χ2n) is 4.26. The summed E-state index contributed by atoms with van der Waals surface area (Å²) in [5.41, 5.74) is 5.69. The smallest absolute Gasteiger partial charge is 0.223 e. The quantitative estimate of drug-likeness (QED) is 0.757. The summed E-state index contributed by atoms with van der Waals surface area (Å²) in [5, 5.41) is 6.39. The van der Waals surface area contributed by atoms with Crippen LogP contribution in [0.1, 0.15) is 12.8 Å². The molecule has 0 atom stereocenters. The monoisotopic (exact) mass is 242 g/mol. The fraction of sp³-hybridized carbons (Fsp3) is 0.250. The third-order valence-corrected chi connectivity index (χ3v) is 2.59. The molecule has 1 saturated carbocycles. The van der Waals surface area contributed by atoms with E-state index in [-0.39, 0.29) is 5.95 Å². The maximum atomic E-state index is 5.69. The highest BCUT2D eigenvalue weighted by Gasteiger charge is 2.21. The van der Waals surface area contributed by atoms with Crippen molar-refractivity contribution in [3.05, 3.63) is 30.5 Å². The lowest BCUT2D eigenvalue weighted by atomic mass is 10.4. The van der Waals surface area contributed by atoms with Crippen LogP contribution in [0.25, 0.3) is 0 Å². The van der Waals surface area contributed by atoms with Gasteiger partial charge < -0.3 is 16.4 Å². The first-order chi connectivity index (χ1) is 8.79. The Balaban J connectivity index is 1.80. The van der Waals surface area contributed by atoms with Crippen LogP contribution in [0.5, 0.6) is 0 Å². The Morgan fingerprint density at radius 2 is 1.94 bits per heavy atom. The highest BCUT2D eigenvalue weighted by Crippen LogP contribution is 2.25. The van der Waals surface area contributed by atoms with E-state index >= 15 is 0 Å². The summed E-state index contributed by atoms with van der Waals surface area (Å²) in [5.74, 6) is 2.37. The summed E-state index contributed by atoms with van der Waals surface area (Å²) in [6.45, 7) is 0. The summed E-state index contributed by atoms with van der Waals surface area (Å²) in [6.07, 6.45) is 4.09. The highest BCUT2D eigenvalue weighted by atomic mass is 15.2. The number of anilines is 4. The summed E-state index contributed by atoms with van der Waals surface area (Å²) in [4.78, 5) is 12.5. The van der Waals surface area contributed by atoms with Crippen LogP contribution in [0.15, 0.2) is 30.5 Å². The van der Waals surface area contributed by atoms with E-state index in [2.05, 4.69) is 25.6 Å². The lowest BCUT2D eigenvalue weighted by molar-refractivity contribution is 1.09. The van der Waals surface area contributed by atoms with E-state index in [1.807, 2.05) is 24.3 Å². The summed E-state index contributed by atoms with van der Waals surface area (Å²) >= 11 is 0. The molecule has 0 unspecified atom stereocenters. The van der Waals surface area contributed by atoms with E-state index < -0.39 is 0 Å². The molecule has 2 aromatic heterocycles. The number of hydrogen-bond acceptors (Lipinski definition) is 6. The molecule has 0 radical (unpaired) electrons. The van der Waals surface area contributed by atoms with Gasteiger partial charge in [0.05, 0.1) is 0 Å². The van der Waals surface area contributed by atoms with Gasteiger partial charge in [0.1, 0.15) is 17.5 Å². The average Bonchev–Trinajstić information content (AvgIpc) is 3.13. The van der Waals surface area contributed by atoms with Gasteiger partial charge in [-0.15, -0.1) is 0 Å². The lowest BCUT2D eigenvalue weighted by Crippen LogP contribution is -2.07. The minimum Gasteiger partial charge on any atom is -0.368 e. The molecule has 2 aromatic rings. The first-order valence-corrected chi connectivity index (χ1v) is 5.89. The molecule has 0 aromatic carbocycles. The van der Waals surface area contributed by atoms with E-state index in [9.17, 15) is 0 Å². The maximum absolute atomic E-state index is 5.69. The molecule has 6 nitrogen and oxygen atoms in total. The molecule has 6 heteroatoms. The standard InChI is InChI=1S/C12H14N6/c13-12-17-10(15-8-4-5-8)7-11(18-12)16-9-3-1-2-6-14-9/h1-3,6-8H,4-5H2,(H4,13,14,15,16,17,18). The molecule has 0 aliphatic heterocycles. The second-order valence-corrected chi connectivity index (χ2v) is 4.26. The van der Waals surface area contributed by atoms with Crippen LogP contribution >= 0.6 is 0 Å². The van der Waals surface area contributed by atoms with Crippen molar-refractivity contribution in [2.24, 2.45) is 0 Å². The Kier molecular flexibility index (Phi) is 2.68. The highest BCUT2D eigenvalue weighted by molar-refractivity contribution is 5.58. The maximum Gasteiger partial charge on any atom is 0.223 e. The van der Waals surface area contributed by atoms with Crippen molar-refractivity contribution in [3.8, 4) is 0 Å². The largest absolute Gasteiger partial charge is 0.368 e. The van der Waals surface area contributed by atoms with Crippen LogP contribution in [0.3, 0.4) is 0 Å². The van der Waals surface area contributed by atoms with E-state index in [0.717, 1.165) is 11.6 Å². The van der Waals surface area contributed by atoms with Gasteiger partial charge >= 0.3 is 0 Å². The van der Waals surface area contributed by atoms with Gasteiger partial charge in [0.15, 0.2) is 0 Å². The zero-order valence-electron chi connectivity index (χ0n) is 9.80. The van der Waals surface area contributed by atoms with Gasteiger partial charge in [0.2, 0.25) is 5.95 Å². The van der Waals surface area contributed by atoms with Crippen LogP contribution in [0.4, 0.5) is 23.4 Å². The lowest BCUT2D eigenvalue weighted by Gasteiger charge is -2.08. The fourth-order valence-electron chi connectivity index (χ4n) is 1.61. The molecule has 92 valence electrons. The number of hydrogen-bond donors (Lipinski definition) is 3. The van der Waals surface area contributed by atoms with E-state index in [0.29, 0.717) is 11.9 Å². The number of nitrogens with one attached hydrogen (secondary N) is 2. The van der Waals surface area contributed by atoms with Gasteiger partial charge in [-0.2, -0.15) is 9.97 Å². The average molecular weight is 242 g/mol. The van der Waals surface area contributed by atoms with Crippen LogP contribution in [-0.2, 0) is 0 Å². The fourth-order valence-corrected chi connectivity index (χ4v) is 1.61. The second kappa shape index (κ2) is 4.48. The van der Waals surface area contributed by atoms with Crippen LogP contribution in [0.2, 0.25) is 0 Å². The number of pyridine rings is 1. The molecule has 2 heterocycles. The molecule has 0 amide bonds. The van der Waals surface area contributed by atoms with Gasteiger partial charge in [-0.05, 0) is 25.0 Å². The molecule has 1 fully saturated rings. The van der Waals surface area contributed by atoms with Crippen molar-refractivity contribution in [1.29, 1.82) is 0 Å². The number of nitrogens with zero attached hydrogens (tertiary/aromatic N) is 3. The summed E-state index contributed by atoms with van der Waals surface area (Å²) in [7, 11) is 0. The Hall–Kier alpha value is -2.37. The molecule has 4 N–H and O–H groups in total. The molecule has 1 aliphatic carbocycles. The first kappa shape index (κ1) is 10.8. The molecular weight excluding hydrogens is 228 g/mol. The predicted molar refractivity (Wildman–Crippen MR) is 70.6 cm³/mol. The van der Waals surface area contributed by atoms with Crippen molar-refractivity contribution in [2.75, 3.05) is 16.4 Å². The normalized spacial score (nSPS) is 14.2. The Bertz CT molecular complexity index is 538. The van der Waals surface area contributed by atoms with Crippen LogP contribution in [0, 0.1) is 0 Å². The Labute approximate surface area is 105 Å². The molecule has 1 aliphatic rings. The molecule has 0 bridgehead atoms. The number of nitrogen functional groups attached to an aromatic ring is 1. The zero-order chi connectivity index (χ0) is 12.4. The van der Waals surface area contributed by atoms with Crippen molar-refractivity contribution in [3.63, 3.8) is 0 Å². The van der Waals surface area contributed by atoms with Crippen LogP contribution in [-0.4, -0.2) is 21.0 Å². The van der Waals surface area contributed by atoms with Gasteiger partial charge in [-0.1, -0.05) is 6.07 Å². The number of rotatable bonds is 4. The van der Waals surface area contributed by atoms with Crippen molar-refractivity contribution in [1.82, 2.24) is 15.0 Å². The number of aromatic nitrogens is 3. The molecule has 3 rings (SSSR count). The molecule has 0 spiro atoms. The van der Waals surface area contributed by atoms with Gasteiger partial charge in [-0.3, -0.25) is 0 Å². The van der Waals surface area contributed by atoms with Gasteiger partial charge in [-0.25, -0.2) is 4.98 Å². The van der Waals surface area contributed by atoms with Gasteiger partial charge in [0, 0.05) is 18.3 Å². The van der Waals surface area contributed by atoms with Crippen molar-refractivity contribution >= 4 is 23.4 Å². The number of nitrogens with two attached hydrogens (primary N) is 1. The van der Waals surface area contributed by atoms with Crippen molar-refractivity contribution in [2.45, 2.75) is 18.9 Å². The molecular formula is C12H14N6.